The average molecular weight is 148 g/mol. The first-order valence-corrected chi connectivity index (χ1v) is 3.89. The molecule has 2 nitrogen and oxygen atoms in total. The van der Waals surface area contributed by atoms with Crippen molar-refractivity contribution in [2.24, 2.45) is 5.84 Å². The molecule has 0 spiro atoms. The molecule has 0 saturated heterocycles. The van der Waals surface area contributed by atoms with Crippen molar-refractivity contribution in [1.82, 2.24) is 0 Å². The van der Waals surface area contributed by atoms with Crippen LogP contribution in [0.25, 0.3) is 0 Å². The second-order valence-electron chi connectivity index (χ2n) is 3.08. The van der Waals surface area contributed by atoms with Crippen molar-refractivity contribution >= 4 is 5.69 Å². The van der Waals surface area contributed by atoms with Crippen LogP contribution >= 0.6 is 0 Å². The lowest BCUT2D eigenvalue weighted by atomic mass is 10.1. The molecule has 11 heavy (non-hydrogen) atoms. The van der Waals surface area contributed by atoms with Crippen LogP contribution < -0.4 is 10.9 Å². The fourth-order valence-corrected chi connectivity index (χ4v) is 1.56. The van der Waals surface area contributed by atoms with Gasteiger partial charge in [-0.15, -0.1) is 0 Å². The van der Waals surface area contributed by atoms with Gasteiger partial charge in [-0.1, -0.05) is 17.7 Å². The maximum atomic E-state index is 5.73. The van der Waals surface area contributed by atoms with Crippen LogP contribution in [0.15, 0.2) is 18.2 Å². The van der Waals surface area contributed by atoms with Gasteiger partial charge in [-0.25, -0.2) is 5.84 Å². The van der Waals surface area contributed by atoms with E-state index in [1.165, 1.54) is 16.8 Å². The molecule has 1 heterocycles. The number of hydrogen-bond donors (Lipinski definition) is 1. The van der Waals surface area contributed by atoms with Crippen LogP contribution in [0.2, 0.25) is 0 Å². The summed E-state index contributed by atoms with van der Waals surface area (Å²) < 4.78 is 0. The summed E-state index contributed by atoms with van der Waals surface area (Å²) in [7, 11) is 0. The molecule has 0 aromatic heterocycles. The van der Waals surface area contributed by atoms with E-state index in [-0.39, 0.29) is 0 Å². The smallest absolute Gasteiger partial charge is 0.0550 e. The predicted octanol–water partition coefficient (Wildman–Crippen LogP) is 1.23. The normalized spacial score (nSPS) is 15.3. The van der Waals surface area contributed by atoms with Gasteiger partial charge in [0, 0.05) is 6.54 Å². The van der Waals surface area contributed by atoms with Gasteiger partial charge in [0.05, 0.1) is 5.69 Å². The topological polar surface area (TPSA) is 29.3 Å². The van der Waals surface area contributed by atoms with Gasteiger partial charge in [0.2, 0.25) is 0 Å². The minimum atomic E-state index is 0.957. The summed E-state index contributed by atoms with van der Waals surface area (Å²) in [6, 6.07) is 6.41. The lowest BCUT2D eigenvalue weighted by Gasteiger charge is -2.10. The third-order valence-electron chi connectivity index (χ3n) is 2.17. The van der Waals surface area contributed by atoms with Gasteiger partial charge < -0.3 is 5.01 Å². The third kappa shape index (κ3) is 0.994. The number of hydrogen-bond acceptors (Lipinski definition) is 2. The Morgan fingerprint density at radius 1 is 1.45 bits per heavy atom. The van der Waals surface area contributed by atoms with Crippen molar-refractivity contribution < 1.29 is 0 Å². The maximum absolute atomic E-state index is 5.73. The molecule has 0 saturated carbocycles. The number of hydrazine groups is 1. The molecular formula is C9H12N2. The first-order valence-electron chi connectivity index (χ1n) is 3.89. The second kappa shape index (κ2) is 2.24. The Morgan fingerprint density at radius 3 is 3.09 bits per heavy atom. The van der Waals surface area contributed by atoms with Crippen molar-refractivity contribution in [3.05, 3.63) is 29.3 Å². The number of rotatable bonds is 0. The van der Waals surface area contributed by atoms with E-state index < -0.39 is 0 Å². The number of nitrogens with two attached hydrogens (primary N) is 1. The third-order valence-corrected chi connectivity index (χ3v) is 2.17. The Balaban J connectivity index is 2.50. The van der Waals surface area contributed by atoms with Crippen molar-refractivity contribution in [2.45, 2.75) is 13.3 Å². The molecule has 58 valence electrons. The minimum absolute atomic E-state index is 0.957. The Morgan fingerprint density at radius 2 is 2.27 bits per heavy atom. The van der Waals surface area contributed by atoms with E-state index in [4.69, 9.17) is 5.84 Å². The summed E-state index contributed by atoms with van der Waals surface area (Å²) in [6.07, 6.45) is 1.09. The highest BCUT2D eigenvalue weighted by Gasteiger charge is 2.14. The number of nitrogens with zero attached hydrogens (tertiary/aromatic N) is 1. The molecule has 0 radical (unpaired) electrons. The van der Waals surface area contributed by atoms with Crippen molar-refractivity contribution in [3.63, 3.8) is 0 Å². The lowest BCUT2D eigenvalue weighted by molar-refractivity contribution is 0.891. The molecule has 0 unspecified atom stereocenters. The molecule has 0 aliphatic carbocycles. The second-order valence-corrected chi connectivity index (χ2v) is 3.08. The molecule has 1 aliphatic heterocycles. The van der Waals surface area contributed by atoms with E-state index in [0.717, 1.165) is 13.0 Å². The highest BCUT2D eigenvalue weighted by molar-refractivity contribution is 5.57. The van der Waals surface area contributed by atoms with Crippen molar-refractivity contribution in [3.8, 4) is 0 Å². The molecule has 0 fully saturated rings. The van der Waals surface area contributed by atoms with E-state index in [1.807, 2.05) is 5.01 Å². The van der Waals surface area contributed by atoms with Gasteiger partial charge in [-0.3, -0.25) is 0 Å². The van der Waals surface area contributed by atoms with Crippen LogP contribution in [0.1, 0.15) is 11.1 Å². The van der Waals surface area contributed by atoms with Crippen LogP contribution in [0.5, 0.6) is 0 Å². The Bertz CT molecular complexity index is 281. The van der Waals surface area contributed by atoms with Gasteiger partial charge in [0.25, 0.3) is 0 Å². The molecule has 0 atom stereocenters. The van der Waals surface area contributed by atoms with E-state index in [9.17, 15) is 0 Å². The monoisotopic (exact) mass is 148 g/mol. The zero-order chi connectivity index (χ0) is 7.84. The minimum Gasteiger partial charge on any atom is -0.310 e. The predicted molar refractivity (Wildman–Crippen MR) is 46.4 cm³/mol. The quantitative estimate of drug-likeness (QED) is 0.561. The zero-order valence-electron chi connectivity index (χ0n) is 6.67. The summed E-state index contributed by atoms with van der Waals surface area (Å²) in [5, 5.41) is 1.81. The fourth-order valence-electron chi connectivity index (χ4n) is 1.56. The summed E-state index contributed by atoms with van der Waals surface area (Å²) in [5.74, 6) is 5.73. The van der Waals surface area contributed by atoms with Gasteiger partial charge in [-0.2, -0.15) is 0 Å². The zero-order valence-corrected chi connectivity index (χ0v) is 6.67. The van der Waals surface area contributed by atoms with E-state index in [1.54, 1.807) is 0 Å². The van der Waals surface area contributed by atoms with Crippen LogP contribution in [-0.4, -0.2) is 6.54 Å². The van der Waals surface area contributed by atoms with Gasteiger partial charge in [0.15, 0.2) is 0 Å². The fraction of sp³-hybridized carbons (Fsp3) is 0.333. The molecule has 1 aromatic rings. The molecule has 1 aromatic carbocycles. The molecular weight excluding hydrogens is 136 g/mol. The van der Waals surface area contributed by atoms with Gasteiger partial charge in [-0.05, 0) is 25.0 Å². The highest BCUT2D eigenvalue weighted by Crippen LogP contribution is 2.25. The largest absolute Gasteiger partial charge is 0.310 e. The number of aryl methyl sites for hydroxylation is 1. The lowest BCUT2D eigenvalue weighted by Crippen LogP contribution is -2.27. The summed E-state index contributed by atoms with van der Waals surface area (Å²) in [6.45, 7) is 3.07. The van der Waals surface area contributed by atoms with Crippen molar-refractivity contribution in [2.75, 3.05) is 11.6 Å². The maximum Gasteiger partial charge on any atom is 0.0550 e. The van der Waals surface area contributed by atoms with Crippen LogP contribution in [0.3, 0.4) is 0 Å². The molecule has 2 N–H and O–H groups in total. The van der Waals surface area contributed by atoms with Crippen LogP contribution in [0.4, 0.5) is 5.69 Å². The van der Waals surface area contributed by atoms with E-state index in [0.29, 0.717) is 0 Å². The standard InChI is InChI=1S/C9H12N2/c1-7-2-3-9-8(6-7)4-5-11(9)10/h2-3,6H,4-5,10H2,1H3. The molecule has 1 aliphatic rings. The summed E-state index contributed by atoms with van der Waals surface area (Å²) in [5.41, 5.74) is 3.89. The Kier molecular flexibility index (Phi) is 1.36. The Labute approximate surface area is 66.6 Å². The molecule has 2 heteroatoms. The number of anilines is 1. The number of fused-ring (bicyclic) bond motifs is 1. The van der Waals surface area contributed by atoms with E-state index >= 15 is 0 Å². The SMILES string of the molecule is Cc1ccc2c(c1)CCN2N. The summed E-state index contributed by atoms with van der Waals surface area (Å²) >= 11 is 0. The van der Waals surface area contributed by atoms with Gasteiger partial charge in [0.1, 0.15) is 0 Å². The molecule has 0 amide bonds. The molecule has 0 bridgehead atoms. The first kappa shape index (κ1) is 6.68. The number of benzene rings is 1. The van der Waals surface area contributed by atoms with Gasteiger partial charge >= 0.3 is 0 Å². The summed E-state index contributed by atoms with van der Waals surface area (Å²) in [4.78, 5) is 0. The Hall–Kier alpha value is -1.02. The van der Waals surface area contributed by atoms with Crippen LogP contribution in [-0.2, 0) is 6.42 Å². The van der Waals surface area contributed by atoms with E-state index in [2.05, 4.69) is 25.1 Å². The molecule has 2 rings (SSSR count). The van der Waals surface area contributed by atoms with Crippen LogP contribution in [0, 0.1) is 6.92 Å². The highest BCUT2D eigenvalue weighted by atomic mass is 15.4. The average Bonchev–Trinajstić information content (AvgIpc) is 2.32. The first-order chi connectivity index (χ1) is 5.27. The van der Waals surface area contributed by atoms with Crippen molar-refractivity contribution in [1.29, 1.82) is 0 Å².